The number of carbonyl (C=O) groups excluding carboxylic acids is 1. The molecule has 0 radical (unpaired) electrons. The summed E-state index contributed by atoms with van der Waals surface area (Å²) in [5.74, 6) is 0.819. The highest BCUT2D eigenvalue weighted by Crippen LogP contribution is 2.25. The molecule has 0 aliphatic rings. The number of amides is 1. The van der Waals surface area contributed by atoms with Crippen LogP contribution in [-0.4, -0.2) is 28.2 Å². The smallest absolute Gasteiger partial charge is 0.230 e. The van der Waals surface area contributed by atoms with Crippen LogP contribution in [0.3, 0.4) is 0 Å². The maximum absolute atomic E-state index is 11.5. The summed E-state index contributed by atoms with van der Waals surface area (Å²) in [4.78, 5) is 20.1. The minimum absolute atomic E-state index is 0.0508. The quantitative estimate of drug-likeness (QED) is 0.472. The normalized spacial score (nSPS) is 10.4. The van der Waals surface area contributed by atoms with Crippen LogP contribution >= 0.6 is 23.4 Å². The van der Waals surface area contributed by atoms with Gasteiger partial charge < -0.3 is 10.6 Å². The molecule has 0 saturated carbocycles. The zero-order chi connectivity index (χ0) is 16.8. The van der Waals surface area contributed by atoms with E-state index in [1.54, 1.807) is 6.07 Å². The highest BCUT2D eigenvalue weighted by Gasteiger charge is 2.08. The highest BCUT2D eigenvalue weighted by atomic mass is 35.5. The van der Waals surface area contributed by atoms with Gasteiger partial charge in [-0.05, 0) is 38.0 Å². The number of nitrogens with zero attached hydrogens (tertiary/aromatic N) is 2. The SMILES string of the molecule is CCNC(=O)CSc1nc(Cl)cc(Nc2cccc(C)c2C)n1. The monoisotopic (exact) mass is 350 g/mol. The minimum Gasteiger partial charge on any atom is -0.356 e. The van der Waals surface area contributed by atoms with Gasteiger partial charge in [0.05, 0.1) is 5.75 Å². The number of hydrogen-bond acceptors (Lipinski definition) is 5. The van der Waals surface area contributed by atoms with Gasteiger partial charge in [-0.25, -0.2) is 9.97 Å². The average molecular weight is 351 g/mol. The molecule has 0 saturated heterocycles. The molecule has 0 aliphatic carbocycles. The number of aryl methyl sites for hydroxylation is 1. The van der Waals surface area contributed by atoms with Crippen LogP contribution in [-0.2, 0) is 4.79 Å². The van der Waals surface area contributed by atoms with E-state index in [1.807, 2.05) is 26.0 Å². The molecule has 0 spiro atoms. The molecule has 0 unspecified atom stereocenters. The summed E-state index contributed by atoms with van der Waals surface area (Å²) < 4.78 is 0. The molecule has 1 amide bonds. The molecule has 0 bridgehead atoms. The van der Waals surface area contributed by atoms with E-state index < -0.39 is 0 Å². The van der Waals surface area contributed by atoms with Gasteiger partial charge in [-0.3, -0.25) is 4.79 Å². The zero-order valence-corrected chi connectivity index (χ0v) is 14.9. The van der Waals surface area contributed by atoms with E-state index in [0.29, 0.717) is 22.7 Å². The number of aromatic nitrogens is 2. The molecule has 23 heavy (non-hydrogen) atoms. The van der Waals surface area contributed by atoms with Crippen molar-refractivity contribution in [2.45, 2.75) is 25.9 Å². The summed E-state index contributed by atoms with van der Waals surface area (Å²) in [5.41, 5.74) is 3.32. The lowest BCUT2D eigenvalue weighted by Gasteiger charge is -2.11. The molecule has 0 fully saturated rings. The molecule has 2 rings (SSSR count). The van der Waals surface area contributed by atoms with Crippen LogP contribution in [0.1, 0.15) is 18.1 Å². The Morgan fingerprint density at radius 1 is 1.30 bits per heavy atom. The number of carbonyl (C=O) groups is 1. The van der Waals surface area contributed by atoms with Gasteiger partial charge in [-0.1, -0.05) is 35.5 Å². The van der Waals surface area contributed by atoms with Gasteiger partial charge in [-0.2, -0.15) is 0 Å². The number of nitrogens with one attached hydrogen (secondary N) is 2. The lowest BCUT2D eigenvalue weighted by Crippen LogP contribution is -2.24. The predicted molar refractivity (Wildman–Crippen MR) is 95.6 cm³/mol. The fraction of sp³-hybridized carbons (Fsp3) is 0.312. The van der Waals surface area contributed by atoms with Crippen LogP contribution in [0.4, 0.5) is 11.5 Å². The summed E-state index contributed by atoms with van der Waals surface area (Å²) in [6, 6.07) is 7.69. The van der Waals surface area contributed by atoms with E-state index in [-0.39, 0.29) is 11.7 Å². The topological polar surface area (TPSA) is 66.9 Å². The molecule has 1 aromatic heterocycles. The van der Waals surface area contributed by atoms with Gasteiger partial charge in [0.2, 0.25) is 5.91 Å². The standard InChI is InChI=1S/C16H19ClN4OS/c1-4-18-15(22)9-23-16-20-13(17)8-14(21-16)19-12-7-5-6-10(2)11(12)3/h5-8H,4,9H2,1-3H3,(H,18,22)(H,19,20,21). The Balaban J connectivity index is 2.14. The molecule has 1 heterocycles. The van der Waals surface area contributed by atoms with Crippen molar-refractivity contribution in [2.24, 2.45) is 0 Å². The number of anilines is 2. The van der Waals surface area contributed by atoms with Gasteiger partial charge in [-0.15, -0.1) is 0 Å². The first-order valence-corrected chi connectivity index (χ1v) is 8.63. The maximum atomic E-state index is 11.5. The fourth-order valence-electron chi connectivity index (χ4n) is 1.93. The molecular weight excluding hydrogens is 332 g/mol. The Morgan fingerprint density at radius 3 is 2.83 bits per heavy atom. The van der Waals surface area contributed by atoms with Crippen LogP contribution in [0.2, 0.25) is 5.15 Å². The molecule has 122 valence electrons. The number of thioether (sulfide) groups is 1. The van der Waals surface area contributed by atoms with Gasteiger partial charge in [0.25, 0.3) is 0 Å². The van der Waals surface area contributed by atoms with Crippen molar-refractivity contribution < 1.29 is 4.79 Å². The third kappa shape index (κ3) is 5.11. The predicted octanol–water partition coefficient (Wildman–Crippen LogP) is 3.72. The lowest BCUT2D eigenvalue weighted by molar-refractivity contribution is -0.118. The van der Waals surface area contributed by atoms with Crippen LogP contribution in [0, 0.1) is 13.8 Å². The summed E-state index contributed by atoms with van der Waals surface area (Å²) in [6.45, 7) is 6.59. The van der Waals surface area contributed by atoms with E-state index in [9.17, 15) is 4.79 Å². The Morgan fingerprint density at radius 2 is 2.09 bits per heavy atom. The number of halogens is 1. The van der Waals surface area contributed by atoms with Crippen LogP contribution in [0.15, 0.2) is 29.4 Å². The van der Waals surface area contributed by atoms with Gasteiger partial charge >= 0.3 is 0 Å². The first-order chi connectivity index (χ1) is 11.0. The Kier molecular flexibility index (Phi) is 6.24. The van der Waals surface area contributed by atoms with E-state index in [4.69, 9.17) is 11.6 Å². The summed E-state index contributed by atoms with van der Waals surface area (Å²) in [7, 11) is 0. The molecule has 1 aromatic carbocycles. The summed E-state index contributed by atoms with van der Waals surface area (Å²) in [5, 5.41) is 6.80. The molecule has 2 aromatic rings. The Bertz CT molecular complexity index is 708. The van der Waals surface area contributed by atoms with Crippen LogP contribution in [0.5, 0.6) is 0 Å². The van der Waals surface area contributed by atoms with Crippen molar-refractivity contribution in [3.8, 4) is 0 Å². The molecular formula is C16H19ClN4OS. The summed E-state index contributed by atoms with van der Waals surface area (Å²) >= 11 is 7.31. The van der Waals surface area contributed by atoms with Gasteiger partial charge in [0, 0.05) is 18.3 Å². The molecule has 0 aliphatic heterocycles. The maximum Gasteiger partial charge on any atom is 0.230 e. The van der Waals surface area contributed by atoms with Crippen LogP contribution in [0.25, 0.3) is 0 Å². The fourth-order valence-corrected chi connectivity index (χ4v) is 2.85. The van der Waals surface area contributed by atoms with Crippen molar-refractivity contribution >= 4 is 40.8 Å². The number of rotatable bonds is 6. The second-order valence-electron chi connectivity index (χ2n) is 4.97. The third-order valence-electron chi connectivity index (χ3n) is 3.25. The van der Waals surface area contributed by atoms with Crippen molar-refractivity contribution in [3.05, 3.63) is 40.5 Å². The number of hydrogen-bond donors (Lipinski definition) is 2. The second kappa shape index (κ2) is 8.17. The van der Waals surface area contributed by atoms with E-state index in [1.165, 1.54) is 17.3 Å². The first-order valence-electron chi connectivity index (χ1n) is 7.27. The second-order valence-corrected chi connectivity index (χ2v) is 6.30. The third-order valence-corrected chi connectivity index (χ3v) is 4.29. The Labute approximate surface area is 145 Å². The molecule has 2 N–H and O–H groups in total. The zero-order valence-electron chi connectivity index (χ0n) is 13.3. The van der Waals surface area contributed by atoms with Crippen molar-refractivity contribution in [1.82, 2.24) is 15.3 Å². The highest BCUT2D eigenvalue weighted by molar-refractivity contribution is 7.99. The van der Waals surface area contributed by atoms with E-state index in [2.05, 4.69) is 33.6 Å². The first kappa shape index (κ1) is 17.6. The minimum atomic E-state index is -0.0508. The lowest BCUT2D eigenvalue weighted by atomic mass is 10.1. The summed E-state index contributed by atoms with van der Waals surface area (Å²) in [6.07, 6.45) is 0. The van der Waals surface area contributed by atoms with Crippen molar-refractivity contribution in [1.29, 1.82) is 0 Å². The van der Waals surface area contributed by atoms with E-state index in [0.717, 1.165) is 11.3 Å². The average Bonchev–Trinajstić information content (AvgIpc) is 2.50. The largest absolute Gasteiger partial charge is 0.356 e. The van der Waals surface area contributed by atoms with Gasteiger partial charge in [0.15, 0.2) is 5.16 Å². The van der Waals surface area contributed by atoms with Crippen molar-refractivity contribution in [2.75, 3.05) is 17.6 Å². The van der Waals surface area contributed by atoms with Crippen LogP contribution < -0.4 is 10.6 Å². The molecule has 7 heteroatoms. The molecule has 0 atom stereocenters. The number of benzene rings is 1. The van der Waals surface area contributed by atoms with Gasteiger partial charge in [0.1, 0.15) is 11.0 Å². The Hall–Kier alpha value is -1.79. The molecule has 5 nitrogen and oxygen atoms in total. The van der Waals surface area contributed by atoms with E-state index >= 15 is 0 Å². The van der Waals surface area contributed by atoms with Crippen molar-refractivity contribution in [3.63, 3.8) is 0 Å².